The van der Waals surface area contributed by atoms with Crippen molar-refractivity contribution in [3.05, 3.63) is 44.3 Å². The molecule has 0 bridgehead atoms. The second-order valence-corrected chi connectivity index (χ2v) is 9.57. The molecule has 1 aliphatic heterocycles. The average Bonchev–Trinajstić information content (AvgIpc) is 3.47. The minimum absolute atomic E-state index is 0.0561. The van der Waals surface area contributed by atoms with Crippen LogP contribution in [0.1, 0.15) is 51.1 Å². The lowest BCUT2D eigenvalue weighted by Gasteiger charge is -2.13. The molecule has 0 atom stereocenters. The number of thioether (sulfide) groups is 1. The number of fused-ring (bicyclic) bond motifs is 1. The number of nitrogens with zero attached hydrogens (tertiary/aromatic N) is 3. The van der Waals surface area contributed by atoms with E-state index in [9.17, 15) is 14.4 Å². The summed E-state index contributed by atoms with van der Waals surface area (Å²) in [5, 5.41) is 1.22. The second kappa shape index (κ2) is 8.39. The standard InChI is InChI=1S/C21H24N4O3S2/c1-4-25-20(28)17-12(2)13(3)30-18(17)23-21(25)29-11-16(26)14-9-15(22-10-14)19(27)24-7-5-6-8-24/h9-10,22H,4-8,11H2,1-3H3. The smallest absolute Gasteiger partial charge is 0.270 e. The van der Waals surface area contributed by atoms with Gasteiger partial charge in [-0.25, -0.2) is 4.98 Å². The van der Waals surface area contributed by atoms with Gasteiger partial charge in [0.15, 0.2) is 10.9 Å². The molecule has 3 aromatic rings. The van der Waals surface area contributed by atoms with Crippen molar-refractivity contribution in [2.75, 3.05) is 18.8 Å². The molecule has 7 nitrogen and oxygen atoms in total. The molecule has 0 unspecified atom stereocenters. The number of aromatic amines is 1. The summed E-state index contributed by atoms with van der Waals surface area (Å²) in [6.07, 6.45) is 3.63. The van der Waals surface area contributed by atoms with Crippen molar-refractivity contribution in [2.24, 2.45) is 0 Å². The third kappa shape index (κ3) is 3.72. The van der Waals surface area contributed by atoms with E-state index in [2.05, 4.69) is 9.97 Å². The van der Waals surface area contributed by atoms with Crippen molar-refractivity contribution in [3.63, 3.8) is 0 Å². The molecule has 0 aromatic carbocycles. The number of thiophene rings is 1. The number of ketones is 1. The third-order valence-electron chi connectivity index (χ3n) is 5.53. The first-order valence-electron chi connectivity index (χ1n) is 10.0. The maximum Gasteiger partial charge on any atom is 0.270 e. The molecular formula is C21H24N4O3S2. The molecule has 9 heteroatoms. The lowest BCUT2D eigenvalue weighted by molar-refractivity contribution is 0.0787. The largest absolute Gasteiger partial charge is 0.356 e. The first kappa shape index (κ1) is 20.9. The predicted octanol–water partition coefficient (Wildman–Crippen LogP) is 3.63. The number of amides is 1. The highest BCUT2D eigenvalue weighted by Crippen LogP contribution is 2.28. The van der Waals surface area contributed by atoms with E-state index in [1.54, 1.807) is 21.7 Å². The number of rotatable bonds is 6. The maximum atomic E-state index is 12.9. The van der Waals surface area contributed by atoms with Crippen LogP contribution >= 0.6 is 23.1 Å². The van der Waals surface area contributed by atoms with Gasteiger partial charge in [-0.1, -0.05) is 11.8 Å². The number of carbonyl (C=O) groups is 2. The molecule has 158 valence electrons. The number of H-pyrrole nitrogens is 1. The molecule has 4 heterocycles. The van der Waals surface area contributed by atoms with Gasteiger partial charge in [0.1, 0.15) is 10.5 Å². The summed E-state index contributed by atoms with van der Waals surface area (Å²) >= 11 is 2.77. The first-order valence-corrected chi connectivity index (χ1v) is 11.8. The highest BCUT2D eigenvalue weighted by molar-refractivity contribution is 7.99. The summed E-state index contributed by atoms with van der Waals surface area (Å²) in [5.41, 5.74) is 1.84. The van der Waals surface area contributed by atoms with Crippen LogP contribution in [0.4, 0.5) is 0 Å². The first-order chi connectivity index (χ1) is 14.4. The van der Waals surface area contributed by atoms with E-state index in [-0.39, 0.29) is 23.0 Å². The van der Waals surface area contributed by atoms with Gasteiger partial charge in [-0.15, -0.1) is 11.3 Å². The maximum absolute atomic E-state index is 12.9. The molecular weight excluding hydrogens is 420 g/mol. The van der Waals surface area contributed by atoms with Crippen molar-refractivity contribution in [2.45, 2.75) is 45.3 Å². The Kier molecular flexibility index (Phi) is 5.84. The Morgan fingerprint density at radius 2 is 2.00 bits per heavy atom. The SMILES string of the molecule is CCn1c(SCC(=O)c2c[nH]c(C(=O)N3CCCC3)c2)nc2sc(C)c(C)c2c1=O. The Morgan fingerprint density at radius 3 is 2.70 bits per heavy atom. The number of likely N-dealkylation sites (tertiary alicyclic amines) is 1. The van der Waals surface area contributed by atoms with Crippen LogP contribution in [-0.4, -0.2) is 50.0 Å². The monoisotopic (exact) mass is 444 g/mol. The number of aromatic nitrogens is 3. The Hall–Kier alpha value is -2.39. The molecule has 0 saturated carbocycles. The van der Waals surface area contributed by atoms with E-state index >= 15 is 0 Å². The predicted molar refractivity (Wildman–Crippen MR) is 120 cm³/mol. The van der Waals surface area contributed by atoms with Crippen LogP contribution in [0, 0.1) is 13.8 Å². The topological polar surface area (TPSA) is 88.1 Å². The van der Waals surface area contributed by atoms with Gasteiger partial charge in [-0.3, -0.25) is 19.0 Å². The summed E-state index contributed by atoms with van der Waals surface area (Å²) < 4.78 is 1.62. The number of hydrogen-bond donors (Lipinski definition) is 1. The second-order valence-electron chi connectivity index (χ2n) is 7.42. The van der Waals surface area contributed by atoms with Gasteiger partial charge in [-0.2, -0.15) is 0 Å². The summed E-state index contributed by atoms with van der Waals surface area (Å²) in [4.78, 5) is 49.3. The van der Waals surface area contributed by atoms with Gasteiger partial charge >= 0.3 is 0 Å². The lowest BCUT2D eigenvalue weighted by atomic mass is 10.2. The zero-order valence-electron chi connectivity index (χ0n) is 17.3. The Bertz CT molecular complexity index is 1190. The van der Waals surface area contributed by atoms with Crippen molar-refractivity contribution in [3.8, 4) is 0 Å². The number of aryl methyl sites for hydroxylation is 2. The molecule has 1 aliphatic rings. The molecule has 4 rings (SSSR count). The Balaban J connectivity index is 1.52. The van der Waals surface area contributed by atoms with Crippen LogP contribution in [0.3, 0.4) is 0 Å². The van der Waals surface area contributed by atoms with E-state index in [0.29, 0.717) is 28.3 Å². The van der Waals surface area contributed by atoms with Crippen LogP contribution in [-0.2, 0) is 6.54 Å². The van der Waals surface area contributed by atoms with Crippen molar-refractivity contribution < 1.29 is 9.59 Å². The van der Waals surface area contributed by atoms with Gasteiger partial charge in [0.2, 0.25) is 0 Å². The van der Waals surface area contributed by atoms with Gasteiger partial charge in [0.25, 0.3) is 11.5 Å². The molecule has 1 N–H and O–H groups in total. The normalized spacial score (nSPS) is 14.0. The molecule has 0 spiro atoms. The number of Topliss-reactive ketones (excluding diaryl/α,β-unsaturated/α-hetero) is 1. The summed E-state index contributed by atoms with van der Waals surface area (Å²) in [6, 6.07) is 1.62. The van der Waals surface area contributed by atoms with Gasteiger partial charge in [0.05, 0.1) is 11.1 Å². The summed E-state index contributed by atoms with van der Waals surface area (Å²) in [7, 11) is 0. The van der Waals surface area contributed by atoms with Gasteiger partial charge < -0.3 is 9.88 Å². The Labute approximate surface area is 182 Å². The molecule has 1 saturated heterocycles. The fourth-order valence-electron chi connectivity index (χ4n) is 3.68. The highest BCUT2D eigenvalue weighted by Gasteiger charge is 2.22. The van der Waals surface area contributed by atoms with E-state index in [4.69, 9.17) is 0 Å². The van der Waals surface area contributed by atoms with Crippen LogP contribution in [0.25, 0.3) is 10.2 Å². The fourth-order valence-corrected chi connectivity index (χ4v) is 5.71. The lowest BCUT2D eigenvalue weighted by Crippen LogP contribution is -2.27. The highest BCUT2D eigenvalue weighted by atomic mass is 32.2. The number of hydrogen-bond acceptors (Lipinski definition) is 6. The quantitative estimate of drug-likeness (QED) is 0.356. The minimum Gasteiger partial charge on any atom is -0.356 e. The number of carbonyl (C=O) groups excluding carboxylic acids is 2. The van der Waals surface area contributed by atoms with Crippen LogP contribution in [0.5, 0.6) is 0 Å². The van der Waals surface area contributed by atoms with E-state index in [0.717, 1.165) is 41.2 Å². The van der Waals surface area contributed by atoms with E-state index in [1.165, 1.54) is 23.1 Å². The van der Waals surface area contributed by atoms with Crippen molar-refractivity contribution >= 4 is 45.0 Å². The third-order valence-corrected chi connectivity index (χ3v) is 7.61. The number of nitrogens with one attached hydrogen (secondary N) is 1. The molecule has 0 aliphatic carbocycles. The molecule has 1 fully saturated rings. The van der Waals surface area contributed by atoms with Crippen LogP contribution < -0.4 is 5.56 Å². The molecule has 3 aromatic heterocycles. The molecule has 30 heavy (non-hydrogen) atoms. The van der Waals surface area contributed by atoms with Crippen molar-refractivity contribution in [1.82, 2.24) is 19.4 Å². The molecule has 0 radical (unpaired) electrons. The average molecular weight is 445 g/mol. The van der Waals surface area contributed by atoms with Gasteiger partial charge in [0, 0.05) is 36.3 Å². The zero-order chi connectivity index (χ0) is 21.4. The van der Waals surface area contributed by atoms with E-state index in [1.807, 2.05) is 20.8 Å². The molecule has 1 amide bonds. The summed E-state index contributed by atoms with van der Waals surface area (Å²) in [6.45, 7) is 7.85. The fraction of sp³-hybridized carbons (Fsp3) is 0.429. The minimum atomic E-state index is -0.104. The Morgan fingerprint density at radius 1 is 1.27 bits per heavy atom. The van der Waals surface area contributed by atoms with E-state index < -0.39 is 0 Å². The van der Waals surface area contributed by atoms with Crippen LogP contribution in [0.15, 0.2) is 22.2 Å². The zero-order valence-corrected chi connectivity index (χ0v) is 18.9. The van der Waals surface area contributed by atoms with Gasteiger partial charge in [-0.05, 0) is 45.2 Å². The van der Waals surface area contributed by atoms with Crippen LogP contribution in [0.2, 0.25) is 0 Å². The van der Waals surface area contributed by atoms with Crippen molar-refractivity contribution in [1.29, 1.82) is 0 Å². The summed E-state index contributed by atoms with van der Waals surface area (Å²) in [5.74, 6) is -0.0157.